The van der Waals surface area contributed by atoms with Crippen LogP contribution in [-0.4, -0.2) is 26.9 Å². The normalized spacial score (nSPS) is 16.1. The van der Waals surface area contributed by atoms with Crippen LogP contribution < -0.4 is 10.9 Å². The second-order valence-corrected chi connectivity index (χ2v) is 8.17. The lowest BCUT2D eigenvalue weighted by Gasteiger charge is -2.33. The summed E-state index contributed by atoms with van der Waals surface area (Å²) in [5.41, 5.74) is -0.897. The number of anilines is 1. The van der Waals surface area contributed by atoms with Crippen LogP contribution in [0.3, 0.4) is 0 Å². The van der Waals surface area contributed by atoms with Crippen LogP contribution in [0.1, 0.15) is 43.4 Å². The third-order valence-corrected chi connectivity index (χ3v) is 5.96. The number of carbonyl (C=O) groups excluding carboxylic acids is 1. The van der Waals surface area contributed by atoms with Crippen molar-refractivity contribution in [3.05, 3.63) is 64.1 Å². The summed E-state index contributed by atoms with van der Waals surface area (Å²) in [5, 5.41) is 28.4. The first-order chi connectivity index (χ1) is 15.4. The van der Waals surface area contributed by atoms with E-state index >= 15 is 0 Å². The van der Waals surface area contributed by atoms with Gasteiger partial charge < -0.3 is 20.1 Å². The molecule has 1 amide bonds. The number of carbonyl (C=O) groups is 1. The predicted molar refractivity (Wildman–Crippen MR) is 120 cm³/mol. The van der Waals surface area contributed by atoms with Crippen molar-refractivity contribution in [1.82, 2.24) is 5.16 Å². The number of aliphatic hydroxyl groups is 1. The minimum Gasteiger partial charge on any atom is -0.508 e. The van der Waals surface area contributed by atoms with Gasteiger partial charge in [0.25, 0.3) is 5.91 Å². The van der Waals surface area contributed by atoms with Gasteiger partial charge >= 0.3 is 5.63 Å². The number of benzene rings is 2. The number of aryl methyl sites for hydroxylation is 1. The number of amides is 1. The molecule has 4 rings (SSSR count). The van der Waals surface area contributed by atoms with Crippen LogP contribution in [0.15, 0.2) is 51.8 Å². The standard InChI is InChI=1S/C25H24N2O5/c1-16-22-15-19(9-12-21(22)23(29)32-27-16)26-24(30)25(31,18-5-3-2-4-6-18)14-13-17-7-10-20(28)11-8-17/h7-12,15,18,28,31H,2-6H2,1H3,(H,26,30). The average Bonchev–Trinajstić information content (AvgIpc) is 2.81. The zero-order valence-electron chi connectivity index (χ0n) is 17.7. The molecule has 1 aliphatic rings. The van der Waals surface area contributed by atoms with E-state index in [2.05, 4.69) is 22.3 Å². The molecule has 1 unspecified atom stereocenters. The van der Waals surface area contributed by atoms with E-state index in [1.54, 1.807) is 37.3 Å². The number of aromatic nitrogens is 1. The fourth-order valence-electron chi connectivity index (χ4n) is 4.11. The van der Waals surface area contributed by atoms with Crippen molar-refractivity contribution in [3.8, 4) is 17.6 Å². The highest BCUT2D eigenvalue weighted by molar-refractivity contribution is 6.01. The van der Waals surface area contributed by atoms with Gasteiger partial charge in [-0.3, -0.25) is 4.79 Å². The number of fused-ring (bicyclic) bond motifs is 1. The van der Waals surface area contributed by atoms with E-state index in [0.717, 1.165) is 19.3 Å². The van der Waals surface area contributed by atoms with Crippen LogP contribution in [-0.2, 0) is 4.79 Å². The third-order valence-electron chi connectivity index (χ3n) is 5.96. The highest BCUT2D eigenvalue weighted by atomic mass is 16.5. The van der Waals surface area contributed by atoms with E-state index in [9.17, 15) is 19.8 Å². The number of phenolic OH excluding ortho intramolecular Hbond substituents is 1. The summed E-state index contributed by atoms with van der Waals surface area (Å²) in [6.07, 6.45) is 4.33. The Morgan fingerprint density at radius 3 is 2.56 bits per heavy atom. The molecular weight excluding hydrogens is 408 g/mol. The number of rotatable bonds is 3. The van der Waals surface area contributed by atoms with Gasteiger partial charge in [0, 0.05) is 22.6 Å². The molecule has 1 aromatic heterocycles. The van der Waals surface area contributed by atoms with Gasteiger partial charge in [-0.1, -0.05) is 36.3 Å². The maximum atomic E-state index is 13.3. The number of nitrogens with one attached hydrogen (secondary N) is 1. The van der Waals surface area contributed by atoms with Crippen LogP contribution in [0.5, 0.6) is 5.75 Å². The summed E-state index contributed by atoms with van der Waals surface area (Å²) in [6.45, 7) is 1.71. The monoisotopic (exact) mass is 432 g/mol. The van der Waals surface area contributed by atoms with Crippen molar-refractivity contribution in [3.63, 3.8) is 0 Å². The van der Waals surface area contributed by atoms with Crippen molar-refractivity contribution in [1.29, 1.82) is 0 Å². The van der Waals surface area contributed by atoms with E-state index in [1.165, 1.54) is 12.1 Å². The van der Waals surface area contributed by atoms with Crippen molar-refractivity contribution in [2.45, 2.75) is 44.6 Å². The maximum absolute atomic E-state index is 13.3. The van der Waals surface area contributed by atoms with E-state index in [1.807, 2.05) is 0 Å². The first kappa shape index (κ1) is 21.6. The first-order valence-corrected chi connectivity index (χ1v) is 10.6. The zero-order valence-corrected chi connectivity index (χ0v) is 17.7. The predicted octanol–water partition coefficient (Wildman–Crippen LogP) is 3.50. The SMILES string of the molecule is Cc1noc(=O)c2ccc(NC(=O)C(O)(C#Cc3ccc(O)cc3)C3CCCCC3)cc12. The molecule has 1 atom stereocenters. The molecule has 164 valence electrons. The van der Waals surface area contributed by atoms with Gasteiger partial charge in [-0.2, -0.15) is 0 Å². The minimum absolute atomic E-state index is 0.117. The van der Waals surface area contributed by atoms with Crippen molar-refractivity contribution < 1.29 is 19.5 Å². The number of aromatic hydroxyl groups is 1. The molecule has 2 aromatic carbocycles. The van der Waals surface area contributed by atoms with E-state index in [4.69, 9.17) is 4.52 Å². The Morgan fingerprint density at radius 2 is 1.84 bits per heavy atom. The topological polar surface area (TPSA) is 113 Å². The summed E-state index contributed by atoms with van der Waals surface area (Å²) in [5.74, 6) is 4.92. The van der Waals surface area contributed by atoms with E-state index in [0.29, 0.717) is 40.6 Å². The molecule has 0 radical (unpaired) electrons. The number of phenols is 1. The highest BCUT2D eigenvalue weighted by Crippen LogP contribution is 2.34. The third kappa shape index (κ3) is 4.36. The molecule has 3 aromatic rings. The van der Waals surface area contributed by atoms with Gasteiger partial charge in [0.1, 0.15) is 5.75 Å². The summed E-state index contributed by atoms with van der Waals surface area (Å²) >= 11 is 0. The van der Waals surface area contributed by atoms with Crippen LogP contribution in [0.4, 0.5) is 5.69 Å². The molecular formula is C25H24N2O5. The molecule has 0 aliphatic heterocycles. The lowest BCUT2D eigenvalue weighted by Crippen LogP contribution is -2.48. The fraction of sp³-hybridized carbons (Fsp3) is 0.320. The van der Waals surface area contributed by atoms with Gasteiger partial charge in [0.05, 0.1) is 11.1 Å². The van der Waals surface area contributed by atoms with Crippen LogP contribution in [0, 0.1) is 24.7 Å². The number of hydrogen-bond donors (Lipinski definition) is 3. The quantitative estimate of drug-likeness (QED) is 0.546. The highest BCUT2D eigenvalue weighted by Gasteiger charge is 2.43. The Hall–Kier alpha value is -3.63. The number of hydrogen-bond acceptors (Lipinski definition) is 6. The summed E-state index contributed by atoms with van der Waals surface area (Å²) in [7, 11) is 0. The molecule has 0 saturated heterocycles. The second kappa shape index (κ2) is 8.85. The lowest BCUT2D eigenvalue weighted by molar-refractivity contribution is -0.134. The molecule has 32 heavy (non-hydrogen) atoms. The molecule has 1 aliphatic carbocycles. The smallest absolute Gasteiger partial charge is 0.366 e. The Bertz CT molecular complexity index is 1260. The van der Waals surface area contributed by atoms with Gasteiger partial charge in [-0.25, -0.2) is 4.79 Å². The van der Waals surface area contributed by atoms with Crippen LogP contribution in [0.2, 0.25) is 0 Å². The molecule has 0 spiro atoms. The molecule has 1 saturated carbocycles. The Kier molecular flexibility index (Phi) is 5.97. The summed E-state index contributed by atoms with van der Waals surface area (Å²) < 4.78 is 4.74. The van der Waals surface area contributed by atoms with Gasteiger partial charge in [0.2, 0.25) is 5.60 Å². The maximum Gasteiger partial charge on any atom is 0.366 e. The first-order valence-electron chi connectivity index (χ1n) is 10.6. The average molecular weight is 432 g/mol. The molecule has 7 nitrogen and oxygen atoms in total. The van der Waals surface area contributed by atoms with Gasteiger partial charge in [-0.15, -0.1) is 0 Å². The summed E-state index contributed by atoms with van der Waals surface area (Å²) in [4.78, 5) is 25.2. The Morgan fingerprint density at radius 1 is 1.12 bits per heavy atom. The number of nitrogens with zero attached hydrogens (tertiary/aromatic N) is 1. The minimum atomic E-state index is -1.88. The summed E-state index contributed by atoms with van der Waals surface area (Å²) in [6, 6.07) is 11.1. The second-order valence-electron chi connectivity index (χ2n) is 8.17. The molecule has 1 fully saturated rings. The lowest BCUT2D eigenvalue weighted by atomic mass is 9.76. The Labute approximate surface area is 185 Å². The van der Waals surface area contributed by atoms with Crippen LogP contribution >= 0.6 is 0 Å². The van der Waals surface area contributed by atoms with Gasteiger partial charge in [0.15, 0.2) is 0 Å². The van der Waals surface area contributed by atoms with E-state index in [-0.39, 0.29) is 11.7 Å². The van der Waals surface area contributed by atoms with Crippen molar-refractivity contribution >= 4 is 22.4 Å². The van der Waals surface area contributed by atoms with Crippen LogP contribution in [0.25, 0.3) is 10.8 Å². The van der Waals surface area contributed by atoms with Crippen molar-refractivity contribution in [2.75, 3.05) is 5.32 Å². The molecule has 0 bridgehead atoms. The largest absolute Gasteiger partial charge is 0.508 e. The fourth-order valence-corrected chi connectivity index (χ4v) is 4.11. The molecule has 1 heterocycles. The Balaban J connectivity index is 1.67. The van der Waals surface area contributed by atoms with E-state index < -0.39 is 17.1 Å². The molecule has 3 N–H and O–H groups in total. The van der Waals surface area contributed by atoms with Gasteiger partial charge in [-0.05, 0) is 62.2 Å². The molecule has 7 heteroatoms. The van der Waals surface area contributed by atoms with Crippen molar-refractivity contribution in [2.24, 2.45) is 5.92 Å². The zero-order chi connectivity index (χ0) is 22.7.